The van der Waals surface area contributed by atoms with Gasteiger partial charge >= 0.3 is 227 Å². The molecule has 0 saturated carbocycles. The predicted molar refractivity (Wildman–Crippen MR) is 587 cm³/mol. The Morgan fingerprint density at radius 3 is 0.510 bits per heavy atom. The van der Waals surface area contributed by atoms with Crippen LogP contribution in [0.15, 0.2) is 0 Å². The predicted octanol–water partition coefficient (Wildman–Crippen LogP) is 12.2. The Morgan fingerprint density at radius 2 is 0.329 bits per heavy atom. The van der Waals surface area contributed by atoms with E-state index in [4.69, 9.17) is 187 Å². The second-order valence-corrected chi connectivity index (χ2v) is 119. The van der Waals surface area contributed by atoms with E-state index in [1.807, 2.05) is 189 Å². The third kappa shape index (κ3) is 45.0. The van der Waals surface area contributed by atoms with Crippen molar-refractivity contribution in [3.05, 3.63) is 0 Å². The molecule has 6 saturated heterocycles. The number of hydrogen-bond donors (Lipinski definition) is 4. The summed E-state index contributed by atoms with van der Waals surface area (Å²) < 4.78 is 266. The molecule has 858 valence electrons. The van der Waals surface area contributed by atoms with Crippen LogP contribution in [0.3, 0.4) is 0 Å². The Kier molecular flexibility index (Phi) is 61.2. The lowest BCUT2D eigenvalue weighted by atomic mass is 10.9. The fourth-order valence-corrected chi connectivity index (χ4v) is 132. The smallest absolute Gasteiger partial charge is 0.416 e. The molecule has 6 aliphatic heterocycles. The molecule has 14 atom stereocenters. The van der Waals surface area contributed by atoms with E-state index in [-0.39, 0.29) is 24.9 Å². The van der Waals surface area contributed by atoms with Crippen molar-refractivity contribution in [1.82, 2.24) is 0 Å². The lowest BCUT2D eigenvalue weighted by Gasteiger charge is -2.49. The summed E-state index contributed by atoms with van der Waals surface area (Å²) in [6.45, 7) is 78.2. The Labute approximate surface area is 885 Å². The molecule has 0 bridgehead atoms. The molecule has 0 amide bonds. The molecule has 6 fully saturated rings. The molecule has 14 unspecified atom stereocenters. The van der Waals surface area contributed by atoms with Crippen LogP contribution in [0.5, 0.6) is 0 Å². The Hall–Kier alpha value is 3.72. The summed E-state index contributed by atoms with van der Waals surface area (Å²) in [5.74, 6) is 0. The maximum atomic E-state index is 10.1. The fourth-order valence-electron chi connectivity index (χ4n) is 15.6. The normalized spacial score (nSPS) is 41.6. The van der Waals surface area contributed by atoms with Crippen molar-refractivity contribution in [2.75, 3.05) is 148 Å². The molecule has 0 spiro atoms. The van der Waals surface area contributed by atoms with Crippen molar-refractivity contribution in [2.45, 2.75) is 310 Å². The molecule has 48 nitrogen and oxygen atoms in total. The van der Waals surface area contributed by atoms with Crippen molar-refractivity contribution >= 4 is 227 Å². The summed E-state index contributed by atoms with van der Waals surface area (Å²) in [5.41, 5.74) is 0. The third-order valence-corrected chi connectivity index (χ3v) is 124. The summed E-state index contributed by atoms with van der Waals surface area (Å²) in [4.78, 5) is 0. The van der Waals surface area contributed by atoms with Crippen LogP contribution in [0.2, 0.25) is 192 Å². The minimum Gasteiger partial charge on any atom is -0.416 e. The first-order chi connectivity index (χ1) is 65.7. The van der Waals surface area contributed by atoms with Gasteiger partial charge in [0.05, 0.1) is 24.9 Å². The van der Waals surface area contributed by atoms with Gasteiger partial charge < -0.3 is 207 Å². The first kappa shape index (κ1) is 145. The van der Waals surface area contributed by atoms with E-state index < -0.39 is 227 Å². The largest absolute Gasteiger partial charge is 0.485 e. The molecule has 6 heterocycles. The molecule has 143 heavy (non-hydrogen) atoms. The second-order valence-electron chi connectivity index (χ2n) is 35.9. The molecule has 6 rings (SSSR count). The van der Waals surface area contributed by atoms with E-state index in [2.05, 4.69) is 13.5 Å². The zero-order valence-electron chi connectivity index (χ0n) is 95.6. The minimum atomic E-state index is -3.27. The first-order valence-corrected chi connectivity index (χ1v) is 108. The highest BCUT2D eigenvalue weighted by Crippen LogP contribution is 2.44. The van der Waals surface area contributed by atoms with Crippen LogP contribution < -0.4 is 0 Å². The van der Waals surface area contributed by atoms with Crippen molar-refractivity contribution in [1.29, 1.82) is 0 Å². The monoisotopic (exact) mass is 2510 g/mol. The third-order valence-electron chi connectivity index (χ3n) is 21.5. The van der Waals surface area contributed by atoms with Gasteiger partial charge in [-0.1, -0.05) is 55.4 Å². The van der Waals surface area contributed by atoms with E-state index in [0.29, 0.717) is 102 Å². The van der Waals surface area contributed by atoms with Crippen LogP contribution in [0, 0.1) is 0 Å². The highest BCUT2D eigenvalue weighted by Gasteiger charge is 2.70. The highest BCUT2D eigenvalue weighted by atomic mass is 28.6. The number of hydrogen-bond acceptors (Lipinski definition) is 48. The zero-order chi connectivity index (χ0) is 111. The van der Waals surface area contributed by atoms with Gasteiger partial charge in [0, 0.05) is 238 Å². The van der Waals surface area contributed by atoms with E-state index in [0.717, 1.165) is 6.04 Å². The standard InChI is InChI=1S/C15H38O7Si4.C13H36O8Si5.C12H32O8Si4.C11H30O7Si4.C10H30O10Si5.C8H24O8Si4/c1-9-16-24(13-5)19-23(8,12-4)20-25(14-6,17-10-2)22-26(15-7,21-24)18-11-3;1-11-14-24(8)18-22(4,5)17-23(6,7)19-25(9,15-12-2)21-26(10,20-24)16-13-3;1-8-21(12-13)17-22(9-2,14-5)19-24(11-4,16-7)20-23(10-3,15-6)18-21;1-9-12-20(6)15-19(4,5)16-21(7,13-10-2)18-22(8,17-20)14-11-3;1-13-23(6)17-21(4,9-11)16-22(5,10-12)18-24(7,14-2)20-25(8,15-3)19-23;1-10-18(5)13-17(4,8-9)14-19(6,11-2)16-20(7,12-3)15-18/h9-15H2,1-8H3;11-13H2,1-10H3;13H,8-12H2,1-7H3;9-11H2,1-8H3;11-12H,9-10H2,1-8H3;9H,8H2,1-7H3. The lowest BCUT2D eigenvalue weighted by molar-refractivity contribution is 0.0449. The highest BCUT2D eigenvalue weighted by molar-refractivity contribution is 6.96. The molecule has 6 aliphatic rings. The summed E-state index contributed by atoms with van der Waals surface area (Å²) >= 11 is 0. The van der Waals surface area contributed by atoms with Gasteiger partial charge in [-0.15, -0.1) is 0 Å². The van der Waals surface area contributed by atoms with Crippen LogP contribution >= 0.6 is 0 Å². The molecule has 0 aromatic carbocycles. The van der Waals surface area contributed by atoms with Crippen LogP contribution in [-0.4, -0.2) is 396 Å². The van der Waals surface area contributed by atoms with E-state index >= 15 is 0 Å². The van der Waals surface area contributed by atoms with Gasteiger partial charge in [0.25, 0.3) is 0 Å². The minimum absolute atomic E-state index is 0.208. The molecular weight excluding hydrogens is 2330 g/mol. The van der Waals surface area contributed by atoms with Crippen LogP contribution in [0.4, 0.5) is 0 Å². The molecule has 0 radical (unpaired) electrons. The van der Waals surface area contributed by atoms with Crippen LogP contribution in [-0.2, 0) is 187 Å². The second kappa shape index (κ2) is 60.4. The maximum absolute atomic E-state index is 10.1. The lowest BCUT2D eigenvalue weighted by Crippen LogP contribution is -2.72. The molecule has 0 aromatic rings. The van der Waals surface area contributed by atoms with Crippen molar-refractivity contribution in [3.8, 4) is 0 Å². The van der Waals surface area contributed by atoms with Crippen molar-refractivity contribution in [3.63, 3.8) is 0 Å². The SMILES string of the molecule is CCO[Si]1(C)O[Si](C)(C)O[Si](C)(C)O[Si](C)(OCC)O[Si](C)(OCC)O1.CCO[Si]1(C)O[Si](C)(C)O[Si](C)(OCC)O[Si](C)(OCC)O1.CCO[Si]1(CC)O[Si](C)(CC)O[Si](CC)(OCC)O[Si](CC)(OCC)O1.CC[Si]1(CO)O[Si](CC)(OC)O[Si](CC)(OC)O[Si](CC)(OC)O1.CO[Si]1(C)O[Si](C)(CO)O[Si](C)(CO)O[Si](C)(OC)O[Si](C)(OC)O1.CO[Si]1(C)O[Si](C)(CO)O[Si](C)(OC)O[Si](C)(OC)O1. The fraction of sp³-hybridized carbons (Fsp3) is 1.00. The molecule has 0 aromatic heterocycles. The topological polar surface area (TPSA) is 487 Å². The zero-order valence-corrected chi connectivity index (χ0v) is 122. The van der Waals surface area contributed by atoms with Gasteiger partial charge in [-0.25, -0.2) is 0 Å². The van der Waals surface area contributed by atoms with Crippen LogP contribution in [0.25, 0.3) is 0 Å². The van der Waals surface area contributed by atoms with Crippen molar-refractivity contribution < 1.29 is 207 Å². The van der Waals surface area contributed by atoms with Gasteiger partial charge in [-0.3, -0.25) is 0 Å². The number of rotatable bonds is 39. The van der Waals surface area contributed by atoms with Gasteiger partial charge in [-0.05, 0) is 140 Å². The Bertz CT molecular complexity index is 3240. The van der Waals surface area contributed by atoms with Gasteiger partial charge in [-0.2, -0.15) is 0 Å². The first-order valence-electron chi connectivity index (χ1n) is 49.1. The summed E-state index contributed by atoms with van der Waals surface area (Å²) in [6, 6.07) is 4.89. The Morgan fingerprint density at radius 1 is 0.147 bits per heavy atom. The van der Waals surface area contributed by atoms with Crippen LogP contribution in [0.1, 0.15) is 118 Å². The van der Waals surface area contributed by atoms with Crippen molar-refractivity contribution in [2.24, 2.45) is 0 Å². The Balaban J connectivity index is 0.000000860. The van der Waals surface area contributed by atoms with Gasteiger partial charge in [0.1, 0.15) is 0 Å². The molecule has 0 aliphatic carbocycles. The average Bonchev–Trinajstić information content (AvgIpc) is 0.750. The number of aliphatic hydroxyl groups is 4. The quantitative estimate of drug-likeness (QED) is 0.0415. The summed E-state index contributed by atoms with van der Waals surface area (Å²) in [5, 5.41) is 39.5. The van der Waals surface area contributed by atoms with Gasteiger partial charge in [0.15, 0.2) is 0 Å². The molecular formula is C69H190O48Si26. The number of aliphatic hydroxyl groups excluding tert-OH is 4. The summed E-state index contributed by atoms with van der Waals surface area (Å²) in [7, 11) is -64.2. The van der Waals surface area contributed by atoms with E-state index in [1.165, 1.54) is 42.7 Å². The molecule has 4 N–H and O–H groups in total. The van der Waals surface area contributed by atoms with Gasteiger partial charge in [0.2, 0.25) is 0 Å². The average molecular weight is 2520 g/mol. The van der Waals surface area contributed by atoms with E-state index in [9.17, 15) is 20.4 Å². The van der Waals surface area contributed by atoms with E-state index in [1.54, 1.807) is 80.3 Å². The summed E-state index contributed by atoms with van der Waals surface area (Å²) in [6.07, 6.45) is -1.17. The molecule has 74 heteroatoms. The maximum Gasteiger partial charge on any atom is 0.485 e.